The number of aromatic nitrogens is 3. The SMILES string of the molecule is O=C(OCc1nc2ccccc2o1)c1cccc2cn[nH]c12. The molecule has 0 amide bonds. The lowest BCUT2D eigenvalue weighted by atomic mass is 10.1. The van der Waals surface area contributed by atoms with Gasteiger partial charge in [-0.15, -0.1) is 0 Å². The van der Waals surface area contributed by atoms with Crippen molar-refractivity contribution in [3.05, 3.63) is 60.1 Å². The summed E-state index contributed by atoms with van der Waals surface area (Å²) in [5.74, 6) is -0.0801. The Bertz CT molecular complexity index is 938. The van der Waals surface area contributed by atoms with Crippen LogP contribution in [0.4, 0.5) is 0 Å². The highest BCUT2D eigenvalue weighted by Crippen LogP contribution is 2.18. The molecule has 4 aromatic rings. The Morgan fingerprint density at radius 2 is 2.09 bits per heavy atom. The first-order chi connectivity index (χ1) is 10.8. The second kappa shape index (κ2) is 5.00. The van der Waals surface area contributed by atoms with Crippen LogP contribution < -0.4 is 0 Å². The van der Waals surface area contributed by atoms with Gasteiger partial charge in [0.05, 0.1) is 17.3 Å². The predicted molar refractivity (Wildman–Crippen MR) is 79.2 cm³/mol. The average Bonchev–Trinajstić information content (AvgIpc) is 3.18. The van der Waals surface area contributed by atoms with Crippen LogP contribution in [0.3, 0.4) is 0 Å². The third-order valence-electron chi connectivity index (χ3n) is 3.36. The minimum Gasteiger partial charge on any atom is -0.452 e. The molecule has 6 nitrogen and oxygen atoms in total. The number of aromatic amines is 1. The van der Waals surface area contributed by atoms with Crippen molar-refractivity contribution < 1.29 is 13.9 Å². The molecule has 6 heteroatoms. The number of oxazole rings is 1. The van der Waals surface area contributed by atoms with Gasteiger partial charge in [0.2, 0.25) is 5.89 Å². The Balaban J connectivity index is 1.56. The Labute approximate surface area is 124 Å². The summed E-state index contributed by atoms with van der Waals surface area (Å²) >= 11 is 0. The number of hydrogen-bond acceptors (Lipinski definition) is 5. The second-order valence-electron chi connectivity index (χ2n) is 4.79. The molecule has 0 unspecified atom stereocenters. The molecule has 0 spiro atoms. The average molecular weight is 293 g/mol. The van der Waals surface area contributed by atoms with Gasteiger partial charge in [0, 0.05) is 5.39 Å². The van der Waals surface area contributed by atoms with E-state index in [1.807, 2.05) is 30.3 Å². The molecule has 4 rings (SSSR count). The Morgan fingerprint density at radius 3 is 3.00 bits per heavy atom. The van der Waals surface area contributed by atoms with Crippen molar-refractivity contribution in [2.24, 2.45) is 0 Å². The molecule has 0 radical (unpaired) electrons. The fourth-order valence-corrected chi connectivity index (χ4v) is 2.33. The van der Waals surface area contributed by atoms with Gasteiger partial charge < -0.3 is 9.15 Å². The van der Waals surface area contributed by atoms with Crippen molar-refractivity contribution >= 4 is 28.0 Å². The summed E-state index contributed by atoms with van der Waals surface area (Å²) in [7, 11) is 0. The number of nitrogens with zero attached hydrogens (tertiary/aromatic N) is 2. The van der Waals surface area contributed by atoms with Gasteiger partial charge in [-0.3, -0.25) is 5.10 Å². The molecular formula is C16H11N3O3. The minimum absolute atomic E-state index is 0.0158. The number of nitrogens with one attached hydrogen (secondary N) is 1. The van der Waals surface area contributed by atoms with Crippen LogP contribution >= 0.6 is 0 Å². The summed E-state index contributed by atoms with van der Waals surface area (Å²) in [5, 5.41) is 7.58. The van der Waals surface area contributed by atoms with Crippen molar-refractivity contribution in [1.29, 1.82) is 0 Å². The van der Waals surface area contributed by atoms with E-state index >= 15 is 0 Å². The number of H-pyrrole nitrogens is 1. The van der Waals surface area contributed by atoms with E-state index in [1.165, 1.54) is 0 Å². The highest BCUT2D eigenvalue weighted by Gasteiger charge is 2.14. The maximum absolute atomic E-state index is 12.2. The molecule has 0 aliphatic rings. The smallest absolute Gasteiger partial charge is 0.340 e. The first kappa shape index (κ1) is 12.6. The zero-order valence-corrected chi connectivity index (χ0v) is 11.4. The van der Waals surface area contributed by atoms with Crippen LogP contribution in [0.1, 0.15) is 16.2 Å². The van der Waals surface area contributed by atoms with Crippen molar-refractivity contribution in [2.45, 2.75) is 6.61 Å². The van der Waals surface area contributed by atoms with Gasteiger partial charge in [0.1, 0.15) is 5.52 Å². The largest absolute Gasteiger partial charge is 0.452 e. The standard InChI is InChI=1S/C16H11N3O3/c20-16(11-5-3-4-10-8-17-19-15(10)11)21-9-14-18-12-6-1-2-7-13(12)22-14/h1-8H,9H2,(H,17,19). The maximum Gasteiger partial charge on any atom is 0.340 e. The lowest BCUT2D eigenvalue weighted by Crippen LogP contribution is -2.06. The Morgan fingerprint density at radius 1 is 1.18 bits per heavy atom. The summed E-state index contributed by atoms with van der Waals surface area (Å²) < 4.78 is 10.8. The fourth-order valence-electron chi connectivity index (χ4n) is 2.33. The van der Waals surface area contributed by atoms with E-state index in [1.54, 1.807) is 18.3 Å². The number of hydrogen-bond donors (Lipinski definition) is 1. The summed E-state index contributed by atoms with van der Waals surface area (Å²) in [6.07, 6.45) is 1.66. The highest BCUT2D eigenvalue weighted by atomic mass is 16.5. The Kier molecular flexibility index (Phi) is 2.86. The van der Waals surface area contributed by atoms with E-state index < -0.39 is 5.97 Å². The van der Waals surface area contributed by atoms with Gasteiger partial charge >= 0.3 is 5.97 Å². The number of carbonyl (C=O) groups is 1. The van der Waals surface area contributed by atoms with Crippen molar-refractivity contribution in [2.75, 3.05) is 0 Å². The summed E-state index contributed by atoms with van der Waals surface area (Å²) in [5.41, 5.74) is 2.50. The molecule has 0 saturated heterocycles. The molecule has 0 atom stereocenters. The molecular weight excluding hydrogens is 282 g/mol. The van der Waals surface area contributed by atoms with Crippen LogP contribution in [-0.2, 0) is 11.3 Å². The van der Waals surface area contributed by atoms with E-state index in [4.69, 9.17) is 9.15 Å². The molecule has 0 bridgehead atoms. The molecule has 108 valence electrons. The lowest BCUT2D eigenvalue weighted by molar-refractivity contribution is 0.0442. The van der Waals surface area contributed by atoms with Crippen molar-refractivity contribution in [3.8, 4) is 0 Å². The molecule has 22 heavy (non-hydrogen) atoms. The van der Waals surface area contributed by atoms with Crippen LogP contribution in [0, 0.1) is 0 Å². The van der Waals surface area contributed by atoms with E-state index in [-0.39, 0.29) is 6.61 Å². The molecule has 2 heterocycles. The summed E-state index contributed by atoms with van der Waals surface area (Å²) in [4.78, 5) is 16.5. The third kappa shape index (κ3) is 2.10. The molecule has 0 saturated carbocycles. The molecule has 0 aliphatic carbocycles. The zero-order valence-electron chi connectivity index (χ0n) is 11.4. The zero-order chi connectivity index (χ0) is 14.9. The van der Waals surface area contributed by atoms with Gasteiger partial charge in [-0.25, -0.2) is 9.78 Å². The van der Waals surface area contributed by atoms with Gasteiger partial charge in [0.25, 0.3) is 0 Å². The minimum atomic E-state index is -0.447. The number of fused-ring (bicyclic) bond motifs is 2. The van der Waals surface area contributed by atoms with Crippen LogP contribution in [0.25, 0.3) is 22.0 Å². The number of carbonyl (C=O) groups excluding carboxylic acids is 1. The first-order valence-corrected chi connectivity index (χ1v) is 6.75. The molecule has 2 aromatic heterocycles. The molecule has 1 N–H and O–H groups in total. The second-order valence-corrected chi connectivity index (χ2v) is 4.79. The van der Waals surface area contributed by atoms with E-state index in [0.29, 0.717) is 22.6 Å². The van der Waals surface area contributed by atoms with Gasteiger partial charge in [-0.05, 0) is 18.2 Å². The third-order valence-corrected chi connectivity index (χ3v) is 3.36. The number of para-hydroxylation sites is 3. The number of benzene rings is 2. The van der Waals surface area contributed by atoms with E-state index in [0.717, 1.165) is 10.9 Å². The van der Waals surface area contributed by atoms with Gasteiger partial charge in [0.15, 0.2) is 12.2 Å². The lowest BCUT2D eigenvalue weighted by Gasteiger charge is -2.03. The molecule has 2 aromatic carbocycles. The Hall–Kier alpha value is -3.15. The quantitative estimate of drug-likeness (QED) is 0.587. The maximum atomic E-state index is 12.2. The van der Waals surface area contributed by atoms with Crippen molar-refractivity contribution in [3.63, 3.8) is 0 Å². The molecule has 0 fully saturated rings. The number of rotatable bonds is 3. The van der Waals surface area contributed by atoms with E-state index in [9.17, 15) is 4.79 Å². The van der Waals surface area contributed by atoms with E-state index in [2.05, 4.69) is 15.2 Å². The van der Waals surface area contributed by atoms with Gasteiger partial charge in [-0.1, -0.05) is 24.3 Å². The van der Waals surface area contributed by atoms with Crippen molar-refractivity contribution in [1.82, 2.24) is 15.2 Å². The first-order valence-electron chi connectivity index (χ1n) is 6.75. The number of ether oxygens (including phenoxy) is 1. The predicted octanol–water partition coefficient (Wildman–Crippen LogP) is 3.06. The normalized spacial score (nSPS) is 11.1. The summed E-state index contributed by atoms with van der Waals surface area (Å²) in [6.45, 7) is -0.0158. The van der Waals surface area contributed by atoms with Crippen LogP contribution in [-0.4, -0.2) is 21.2 Å². The van der Waals surface area contributed by atoms with Crippen LogP contribution in [0.15, 0.2) is 53.1 Å². The number of esters is 1. The van der Waals surface area contributed by atoms with Gasteiger partial charge in [-0.2, -0.15) is 5.10 Å². The van der Waals surface area contributed by atoms with Crippen LogP contribution in [0.2, 0.25) is 0 Å². The van der Waals surface area contributed by atoms with Crippen LogP contribution in [0.5, 0.6) is 0 Å². The highest BCUT2D eigenvalue weighted by molar-refractivity contribution is 6.02. The fraction of sp³-hybridized carbons (Fsp3) is 0.0625. The monoisotopic (exact) mass is 293 g/mol. The summed E-state index contributed by atoms with van der Waals surface area (Å²) in [6, 6.07) is 12.7. The topological polar surface area (TPSA) is 81.0 Å². The molecule has 0 aliphatic heterocycles.